The van der Waals surface area contributed by atoms with Gasteiger partial charge in [-0.3, -0.25) is 9.69 Å². The van der Waals surface area contributed by atoms with Gasteiger partial charge in [0.05, 0.1) is 13.2 Å². The molecule has 1 N–H and O–H groups in total. The van der Waals surface area contributed by atoms with Crippen LogP contribution in [0.5, 0.6) is 0 Å². The van der Waals surface area contributed by atoms with E-state index in [0.717, 1.165) is 45.4 Å². The first-order chi connectivity index (χ1) is 11.8. The number of ether oxygens (including phenoxy) is 2. The fraction of sp³-hybridized carbons (Fsp3) is 0.812. The number of carbonyl (C=O) groups excluding carboxylic acids is 1. The molecule has 1 unspecified atom stereocenters. The zero-order valence-corrected chi connectivity index (χ0v) is 13.8. The molecular weight excluding hydrogens is 312 g/mol. The van der Waals surface area contributed by atoms with E-state index in [9.17, 15) is 4.79 Å². The topological polar surface area (TPSA) is 89.7 Å². The Morgan fingerprint density at radius 1 is 1.21 bits per heavy atom. The van der Waals surface area contributed by atoms with Crippen LogP contribution in [0, 0.1) is 0 Å². The summed E-state index contributed by atoms with van der Waals surface area (Å²) in [6.45, 7) is 3.98. The lowest BCUT2D eigenvalue weighted by atomic mass is 10.0. The van der Waals surface area contributed by atoms with Gasteiger partial charge in [0, 0.05) is 38.3 Å². The number of nitrogens with one attached hydrogen (secondary N) is 1. The maximum Gasteiger partial charge on any atom is 0.250 e. The Hall–Kier alpha value is -1.51. The molecule has 1 aromatic rings. The van der Waals surface area contributed by atoms with Gasteiger partial charge in [-0.05, 0) is 25.7 Å². The third-order valence-electron chi connectivity index (χ3n) is 4.79. The van der Waals surface area contributed by atoms with Crippen molar-refractivity contribution < 1.29 is 18.8 Å². The monoisotopic (exact) mass is 336 g/mol. The summed E-state index contributed by atoms with van der Waals surface area (Å²) < 4.78 is 16.4. The summed E-state index contributed by atoms with van der Waals surface area (Å²) in [7, 11) is 0. The van der Waals surface area contributed by atoms with Crippen LogP contribution in [-0.2, 0) is 20.8 Å². The smallest absolute Gasteiger partial charge is 0.250 e. The minimum atomic E-state index is -0.402. The molecule has 8 heteroatoms. The molecule has 0 aromatic carbocycles. The molecule has 4 rings (SSSR count). The van der Waals surface area contributed by atoms with E-state index < -0.39 is 6.10 Å². The van der Waals surface area contributed by atoms with E-state index in [1.165, 1.54) is 0 Å². The Morgan fingerprint density at radius 2 is 2.04 bits per heavy atom. The summed E-state index contributed by atoms with van der Waals surface area (Å²) in [5.74, 6) is 1.70. The highest BCUT2D eigenvalue weighted by molar-refractivity contribution is 5.81. The second kappa shape index (κ2) is 7.16. The lowest BCUT2D eigenvalue weighted by Gasteiger charge is -2.31. The Balaban J connectivity index is 1.31. The number of rotatable bonds is 5. The Morgan fingerprint density at radius 3 is 2.83 bits per heavy atom. The van der Waals surface area contributed by atoms with Crippen LogP contribution in [0.2, 0.25) is 0 Å². The number of hydrogen-bond donors (Lipinski definition) is 1. The summed E-state index contributed by atoms with van der Waals surface area (Å²) in [6, 6.07) is 0.357. The molecule has 3 fully saturated rings. The second-order valence-electron chi connectivity index (χ2n) is 6.81. The maximum absolute atomic E-state index is 12.1. The van der Waals surface area contributed by atoms with Gasteiger partial charge in [-0.2, -0.15) is 4.98 Å². The number of morpholine rings is 1. The van der Waals surface area contributed by atoms with Crippen molar-refractivity contribution in [3.8, 4) is 0 Å². The third-order valence-corrected chi connectivity index (χ3v) is 4.79. The standard InChI is InChI=1S/C16H24N4O4/c21-15(17-12-1-2-12)13-9-20(5-8-23-13)10-14-18-16(24-19-14)11-3-6-22-7-4-11/h11-13H,1-10H2,(H,17,21). The molecular formula is C16H24N4O4. The predicted octanol–water partition coefficient (Wildman–Crippen LogP) is 0.443. The van der Waals surface area contributed by atoms with E-state index in [4.69, 9.17) is 14.0 Å². The molecule has 24 heavy (non-hydrogen) atoms. The number of nitrogens with zero attached hydrogens (tertiary/aromatic N) is 3. The lowest BCUT2D eigenvalue weighted by Crippen LogP contribution is -2.50. The quantitative estimate of drug-likeness (QED) is 0.834. The van der Waals surface area contributed by atoms with Gasteiger partial charge in [-0.15, -0.1) is 0 Å². The normalized spacial score (nSPS) is 26.4. The number of amides is 1. The zero-order chi connectivity index (χ0) is 16.4. The van der Waals surface area contributed by atoms with Crippen molar-refractivity contribution in [3.05, 3.63) is 11.7 Å². The first-order valence-electron chi connectivity index (χ1n) is 8.82. The fourth-order valence-corrected chi connectivity index (χ4v) is 3.17. The molecule has 0 bridgehead atoms. The van der Waals surface area contributed by atoms with Crippen LogP contribution >= 0.6 is 0 Å². The van der Waals surface area contributed by atoms with E-state index in [1.54, 1.807) is 0 Å². The second-order valence-corrected chi connectivity index (χ2v) is 6.81. The molecule has 1 aliphatic carbocycles. The molecule has 2 aliphatic heterocycles. The highest BCUT2D eigenvalue weighted by atomic mass is 16.5. The molecule has 2 saturated heterocycles. The van der Waals surface area contributed by atoms with Gasteiger partial charge in [0.1, 0.15) is 6.10 Å². The minimum absolute atomic E-state index is 0.00166. The van der Waals surface area contributed by atoms with Crippen LogP contribution in [0.25, 0.3) is 0 Å². The van der Waals surface area contributed by atoms with Gasteiger partial charge < -0.3 is 19.3 Å². The van der Waals surface area contributed by atoms with Crippen LogP contribution in [0.15, 0.2) is 4.52 Å². The van der Waals surface area contributed by atoms with Gasteiger partial charge in [0.15, 0.2) is 5.82 Å². The van der Waals surface area contributed by atoms with Crippen molar-refractivity contribution in [3.63, 3.8) is 0 Å². The van der Waals surface area contributed by atoms with E-state index in [-0.39, 0.29) is 5.91 Å². The molecule has 8 nitrogen and oxygen atoms in total. The van der Waals surface area contributed by atoms with Crippen molar-refractivity contribution in [1.82, 2.24) is 20.4 Å². The number of hydrogen-bond acceptors (Lipinski definition) is 7. The average Bonchev–Trinajstić information content (AvgIpc) is 3.31. The molecule has 3 aliphatic rings. The van der Waals surface area contributed by atoms with E-state index >= 15 is 0 Å². The molecule has 1 amide bonds. The van der Waals surface area contributed by atoms with Crippen LogP contribution < -0.4 is 5.32 Å². The number of carbonyl (C=O) groups is 1. The van der Waals surface area contributed by atoms with Crippen LogP contribution in [0.4, 0.5) is 0 Å². The molecule has 0 radical (unpaired) electrons. The van der Waals surface area contributed by atoms with Gasteiger partial charge >= 0.3 is 0 Å². The summed E-state index contributed by atoms with van der Waals surface area (Å²) in [5, 5.41) is 7.11. The van der Waals surface area contributed by atoms with Gasteiger partial charge in [-0.1, -0.05) is 5.16 Å². The summed E-state index contributed by atoms with van der Waals surface area (Å²) in [6.07, 6.45) is 3.63. The van der Waals surface area contributed by atoms with Crippen molar-refractivity contribution in [1.29, 1.82) is 0 Å². The molecule has 0 spiro atoms. The SMILES string of the molecule is O=C(NC1CC1)C1CN(Cc2noc(C3CCOCC3)n2)CCO1. The van der Waals surface area contributed by atoms with Crippen molar-refractivity contribution in [2.24, 2.45) is 0 Å². The van der Waals surface area contributed by atoms with Crippen molar-refractivity contribution >= 4 is 5.91 Å². The largest absolute Gasteiger partial charge is 0.381 e. The van der Waals surface area contributed by atoms with Crippen molar-refractivity contribution in [2.45, 2.75) is 50.3 Å². The zero-order valence-electron chi connectivity index (χ0n) is 13.8. The predicted molar refractivity (Wildman–Crippen MR) is 83.3 cm³/mol. The number of aromatic nitrogens is 2. The van der Waals surface area contributed by atoms with Gasteiger partial charge in [0.25, 0.3) is 5.91 Å². The first kappa shape index (κ1) is 16.0. The molecule has 3 heterocycles. The van der Waals surface area contributed by atoms with Crippen molar-refractivity contribution in [2.75, 3.05) is 32.9 Å². The van der Waals surface area contributed by atoms with Crippen LogP contribution in [-0.4, -0.2) is 66.0 Å². The first-order valence-corrected chi connectivity index (χ1v) is 8.82. The summed E-state index contributed by atoms with van der Waals surface area (Å²) in [5.41, 5.74) is 0. The van der Waals surface area contributed by atoms with Gasteiger partial charge in [0.2, 0.25) is 5.89 Å². The van der Waals surface area contributed by atoms with E-state index in [0.29, 0.717) is 43.4 Å². The minimum Gasteiger partial charge on any atom is -0.381 e. The fourth-order valence-electron chi connectivity index (χ4n) is 3.17. The molecule has 132 valence electrons. The molecule has 1 atom stereocenters. The molecule has 1 aromatic heterocycles. The third kappa shape index (κ3) is 3.93. The van der Waals surface area contributed by atoms with Crippen LogP contribution in [0.3, 0.4) is 0 Å². The Kier molecular flexibility index (Phi) is 4.77. The Bertz CT molecular complexity index is 568. The molecule has 1 saturated carbocycles. The average molecular weight is 336 g/mol. The van der Waals surface area contributed by atoms with E-state index in [2.05, 4.69) is 20.4 Å². The maximum atomic E-state index is 12.1. The van der Waals surface area contributed by atoms with E-state index in [1.807, 2.05) is 0 Å². The summed E-state index contributed by atoms with van der Waals surface area (Å²) in [4.78, 5) is 18.8. The Labute approximate surface area is 140 Å². The lowest BCUT2D eigenvalue weighted by molar-refractivity contribution is -0.139. The van der Waals surface area contributed by atoms with Gasteiger partial charge in [-0.25, -0.2) is 0 Å². The highest BCUT2D eigenvalue weighted by Crippen LogP contribution is 2.25. The van der Waals surface area contributed by atoms with Crippen LogP contribution in [0.1, 0.15) is 43.3 Å². The highest BCUT2D eigenvalue weighted by Gasteiger charge is 2.32. The summed E-state index contributed by atoms with van der Waals surface area (Å²) >= 11 is 0.